The van der Waals surface area contributed by atoms with Gasteiger partial charge in [0.05, 0.1) is 13.7 Å². The Bertz CT molecular complexity index is 601. The number of hydrogen-bond acceptors (Lipinski definition) is 2. The van der Waals surface area contributed by atoms with E-state index in [0.29, 0.717) is 5.92 Å². The number of aliphatic hydroxyl groups is 1. The number of ether oxygens (including phenoxy) is 1. The van der Waals surface area contributed by atoms with Crippen molar-refractivity contribution in [1.82, 2.24) is 0 Å². The first-order valence-electron chi connectivity index (χ1n) is 7.83. The summed E-state index contributed by atoms with van der Waals surface area (Å²) in [6.45, 7) is 6.56. The molecule has 2 aromatic rings. The summed E-state index contributed by atoms with van der Waals surface area (Å²) in [5.41, 5.74) is 3.26. The van der Waals surface area contributed by atoms with Crippen molar-refractivity contribution in [2.75, 3.05) is 13.7 Å². The minimum Gasteiger partial charge on any atom is -0.496 e. The molecule has 2 aromatic carbocycles. The zero-order chi connectivity index (χ0) is 16.2. The fraction of sp³-hybridized carbons (Fsp3) is 0.400. The molecule has 0 amide bonds. The van der Waals surface area contributed by atoms with Crippen LogP contribution in [0.4, 0.5) is 0 Å². The molecule has 118 valence electrons. The van der Waals surface area contributed by atoms with E-state index in [1.54, 1.807) is 7.11 Å². The van der Waals surface area contributed by atoms with Crippen molar-refractivity contribution >= 4 is 0 Å². The third-order valence-corrected chi connectivity index (χ3v) is 4.35. The number of methoxy groups -OCH3 is 1. The molecule has 0 aromatic heterocycles. The summed E-state index contributed by atoms with van der Waals surface area (Å²) in [4.78, 5) is 0. The van der Waals surface area contributed by atoms with E-state index in [-0.39, 0.29) is 12.0 Å². The molecule has 0 saturated heterocycles. The zero-order valence-electron chi connectivity index (χ0n) is 14.0. The largest absolute Gasteiger partial charge is 0.496 e. The highest BCUT2D eigenvalue weighted by molar-refractivity contribution is 5.41. The van der Waals surface area contributed by atoms with Gasteiger partial charge in [0, 0.05) is 11.0 Å². The van der Waals surface area contributed by atoms with Crippen molar-refractivity contribution in [2.24, 2.45) is 0 Å². The van der Waals surface area contributed by atoms with Crippen molar-refractivity contribution in [1.29, 1.82) is 0 Å². The number of hydrogen-bond donors (Lipinski definition) is 1. The monoisotopic (exact) mass is 298 g/mol. The molecule has 0 aliphatic heterocycles. The van der Waals surface area contributed by atoms with Crippen LogP contribution < -0.4 is 4.74 Å². The Morgan fingerprint density at radius 3 is 2.23 bits per heavy atom. The summed E-state index contributed by atoms with van der Waals surface area (Å²) in [6, 6.07) is 16.6. The summed E-state index contributed by atoms with van der Waals surface area (Å²) >= 11 is 0. The molecule has 1 atom stereocenters. The maximum Gasteiger partial charge on any atom is 0.122 e. The smallest absolute Gasteiger partial charge is 0.122 e. The Morgan fingerprint density at radius 2 is 1.68 bits per heavy atom. The van der Waals surface area contributed by atoms with Gasteiger partial charge >= 0.3 is 0 Å². The molecule has 0 heterocycles. The van der Waals surface area contributed by atoms with Crippen molar-refractivity contribution in [3.05, 3.63) is 65.2 Å². The van der Waals surface area contributed by atoms with Gasteiger partial charge in [-0.2, -0.15) is 0 Å². The Balaban J connectivity index is 2.30. The second-order valence-corrected chi connectivity index (χ2v) is 6.49. The van der Waals surface area contributed by atoms with Gasteiger partial charge in [0.15, 0.2) is 0 Å². The molecule has 0 aliphatic rings. The topological polar surface area (TPSA) is 29.5 Å². The van der Waals surface area contributed by atoms with Crippen molar-refractivity contribution in [3.8, 4) is 5.75 Å². The zero-order valence-corrected chi connectivity index (χ0v) is 14.0. The Labute approximate surface area is 133 Å². The fourth-order valence-corrected chi connectivity index (χ4v) is 2.85. The van der Waals surface area contributed by atoms with Crippen LogP contribution in [0.15, 0.2) is 48.5 Å². The van der Waals surface area contributed by atoms with Crippen LogP contribution in [-0.2, 0) is 11.8 Å². The van der Waals surface area contributed by atoms with E-state index in [1.165, 1.54) is 11.1 Å². The van der Waals surface area contributed by atoms with Gasteiger partial charge in [-0.15, -0.1) is 0 Å². The van der Waals surface area contributed by atoms with Gasteiger partial charge < -0.3 is 9.84 Å². The molecule has 2 heteroatoms. The highest BCUT2D eigenvalue weighted by atomic mass is 16.5. The van der Waals surface area contributed by atoms with Crippen LogP contribution >= 0.6 is 0 Å². The van der Waals surface area contributed by atoms with Crippen LogP contribution in [-0.4, -0.2) is 18.8 Å². The van der Waals surface area contributed by atoms with E-state index < -0.39 is 0 Å². The molecule has 0 bridgehead atoms. The maximum absolute atomic E-state index is 10.0. The molecule has 2 nitrogen and oxygen atoms in total. The molecule has 0 aliphatic carbocycles. The summed E-state index contributed by atoms with van der Waals surface area (Å²) in [7, 11) is 1.67. The molecule has 0 saturated carbocycles. The molecule has 1 unspecified atom stereocenters. The van der Waals surface area contributed by atoms with Crippen LogP contribution in [0.2, 0.25) is 0 Å². The van der Waals surface area contributed by atoms with Crippen LogP contribution in [0.25, 0.3) is 0 Å². The molecule has 0 spiro atoms. The van der Waals surface area contributed by atoms with Gasteiger partial charge in [-0.1, -0.05) is 63.2 Å². The summed E-state index contributed by atoms with van der Waals surface area (Å²) in [5.74, 6) is 1.37. The first-order valence-corrected chi connectivity index (χ1v) is 7.83. The predicted molar refractivity (Wildman–Crippen MR) is 91.7 cm³/mol. The fourth-order valence-electron chi connectivity index (χ4n) is 2.85. The molecule has 2 rings (SSSR count). The number of para-hydroxylation sites is 1. The first-order chi connectivity index (χ1) is 10.5. The standard InChI is InChI=1S/C20H26O2/c1-15(2)17-11-9-16(10-12-17)13-20(3,14-21)18-7-5-6-8-19(18)22-4/h5-12,15,21H,13-14H2,1-4H3. The van der Waals surface area contributed by atoms with Gasteiger partial charge in [-0.3, -0.25) is 0 Å². The minimum atomic E-state index is -0.355. The van der Waals surface area contributed by atoms with E-state index in [0.717, 1.165) is 17.7 Å². The lowest BCUT2D eigenvalue weighted by atomic mass is 9.77. The lowest BCUT2D eigenvalue weighted by molar-refractivity contribution is 0.201. The summed E-state index contributed by atoms with van der Waals surface area (Å²) in [5, 5.41) is 10.0. The molecule has 0 fully saturated rings. The maximum atomic E-state index is 10.0. The molecule has 22 heavy (non-hydrogen) atoms. The van der Waals surface area contributed by atoms with E-state index >= 15 is 0 Å². The van der Waals surface area contributed by atoms with Crippen molar-refractivity contribution in [3.63, 3.8) is 0 Å². The van der Waals surface area contributed by atoms with Crippen LogP contribution in [0.3, 0.4) is 0 Å². The van der Waals surface area contributed by atoms with E-state index in [4.69, 9.17) is 4.74 Å². The van der Waals surface area contributed by atoms with E-state index in [1.807, 2.05) is 24.3 Å². The highest BCUT2D eigenvalue weighted by Gasteiger charge is 2.29. The predicted octanol–water partition coefficient (Wildman–Crippen LogP) is 4.31. The lowest BCUT2D eigenvalue weighted by Gasteiger charge is -2.29. The molecule has 0 radical (unpaired) electrons. The Morgan fingerprint density at radius 1 is 1.05 bits per heavy atom. The number of benzene rings is 2. The molecular formula is C20H26O2. The second-order valence-electron chi connectivity index (χ2n) is 6.49. The Kier molecular flexibility index (Phi) is 5.25. The lowest BCUT2D eigenvalue weighted by Crippen LogP contribution is -2.30. The van der Waals surface area contributed by atoms with Crippen LogP contribution in [0, 0.1) is 0 Å². The normalized spacial score (nSPS) is 13.9. The number of aliphatic hydroxyl groups excluding tert-OH is 1. The minimum absolute atomic E-state index is 0.0826. The molecular weight excluding hydrogens is 272 g/mol. The molecule has 1 N–H and O–H groups in total. The van der Waals surface area contributed by atoms with E-state index in [9.17, 15) is 5.11 Å². The highest BCUT2D eigenvalue weighted by Crippen LogP contribution is 2.34. The van der Waals surface area contributed by atoms with Crippen molar-refractivity contribution in [2.45, 2.75) is 38.5 Å². The van der Waals surface area contributed by atoms with Crippen LogP contribution in [0.5, 0.6) is 5.75 Å². The second kappa shape index (κ2) is 6.97. The van der Waals surface area contributed by atoms with Gasteiger partial charge in [-0.05, 0) is 29.5 Å². The summed E-state index contributed by atoms with van der Waals surface area (Å²) in [6.07, 6.45) is 0.780. The number of rotatable bonds is 6. The average Bonchev–Trinajstić information content (AvgIpc) is 2.55. The average molecular weight is 298 g/mol. The Hall–Kier alpha value is -1.80. The summed E-state index contributed by atoms with van der Waals surface area (Å²) < 4.78 is 5.47. The quantitative estimate of drug-likeness (QED) is 0.861. The third kappa shape index (κ3) is 3.50. The van der Waals surface area contributed by atoms with Gasteiger partial charge in [0.2, 0.25) is 0 Å². The van der Waals surface area contributed by atoms with Gasteiger partial charge in [0.1, 0.15) is 5.75 Å². The van der Waals surface area contributed by atoms with Crippen molar-refractivity contribution < 1.29 is 9.84 Å². The SMILES string of the molecule is COc1ccccc1C(C)(CO)Cc1ccc(C(C)C)cc1. The van der Waals surface area contributed by atoms with E-state index in [2.05, 4.69) is 45.0 Å². The van der Waals surface area contributed by atoms with Gasteiger partial charge in [0.25, 0.3) is 0 Å². The first kappa shape index (κ1) is 16.6. The van der Waals surface area contributed by atoms with Crippen LogP contribution in [0.1, 0.15) is 43.4 Å². The third-order valence-electron chi connectivity index (χ3n) is 4.35. The van der Waals surface area contributed by atoms with Gasteiger partial charge in [-0.25, -0.2) is 0 Å².